The molecule has 0 radical (unpaired) electrons. The molecule has 0 saturated heterocycles. The zero-order valence-electron chi connectivity index (χ0n) is 15.2. The Morgan fingerprint density at radius 1 is 1.19 bits per heavy atom. The highest BCUT2D eigenvalue weighted by Crippen LogP contribution is 2.34. The SMILES string of the molecule is CCOC(=O)CSc1nc(C2CCCC2)nc2c1c(=O)n(C)c(=O)n2C. The van der Waals surface area contributed by atoms with E-state index in [0.29, 0.717) is 23.1 Å². The minimum absolute atomic E-state index is 0.0516. The van der Waals surface area contributed by atoms with Crippen molar-refractivity contribution in [1.29, 1.82) is 0 Å². The summed E-state index contributed by atoms with van der Waals surface area (Å²) < 4.78 is 7.36. The Morgan fingerprint density at radius 3 is 2.54 bits per heavy atom. The van der Waals surface area contributed by atoms with E-state index in [1.54, 1.807) is 14.0 Å². The predicted molar refractivity (Wildman–Crippen MR) is 98.6 cm³/mol. The first kappa shape index (κ1) is 18.6. The third kappa shape index (κ3) is 3.40. The molecule has 140 valence electrons. The van der Waals surface area contributed by atoms with Gasteiger partial charge in [-0.2, -0.15) is 0 Å². The fourth-order valence-corrected chi connectivity index (χ4v) is 4.06. The number of aryl methyl sites for hydroxylation is 1. The van der Waals surface area contributed by atoms with Crippen LogP contribution in [0.4, 0.5) is 0 Å². The van der Waals surface area contributed by atoms with E-state index in [9.17, 15) is 14.4 Å². The quantitative estimate of drug-likeness (QED) is 0.440. The molecule has 2 heterocycles. The molecule has 0 unspecified atom stereocenters. The van der Waals surface area contributed by atoms with Crippen molar-refractivity contribution in [2.75, 3.05) is 12.4 Å². The molecule has 8 nitrogen and oxygen atoms in total. The van der Waals surface area contributed by atoms with Crippen LogP contribution in [0.5, 0.6) is 0 Å². The van der Waals surface area contributed by atoms with E-state index in [2.05, 4.69) is 9.97 Å². The van der Waals surface area contributed by atoms with Gasteiger partial charge in [-0.05, 0) is 19.8 Å². The monoisotopic (exact) mass is 378 g/mol. The molecule has 1 aliphatic carbocycles. The molecule has 2 aromatic rings. The highest BCUT2D eigenvalue weighted by molar-refractivity contribution is 8.00. The minimum atomic E-state index is -0.451. The van der Waals surface area contributed by atoms with Crippen molar-refractivity contribution in [1.82, 2.24) is 19.1 Å². The Labute approximate surface area is 154 Å². The van der Waals surface area contributed by atoms with E-state index < -0.39 is 11.2 Å². The Balaban J connectivity index is 2.16. The zero-order valence-corrected chi connectivity index (χ0v) is 16.0. The molecule has 1 saturated carbocycles. The van der Waals surface area contributed by atoms with Crippen LogP contribution in [0.3, 0.4) is 0 Å². The van der Waals surface area contributed by atoms with Gasteiger partial charge < -0.3 is 4.74 Å². The molecule has 1 fully saturated rings. The van der Waals surface area contributed by atoms with Gasteiger partial charge in [0.1, 0.15) is 16.2 Å². The molecular weight excluding hydrogens is 356 g/mol. The summed E-state index contributed by atoms with van der Waals surface area (Å²) in [5.41, 5.74) is -0.561. The maximum atomic E-state index is 12.7. The Morgan fingerprint density at radius 2 is 1.88 bits per heavy atom. The average Bonchev–Trinajstić information content (AvgIpc) is 3.17. The van der Waals surface area contributed by atoms with Gasteiger partial charge in [-0.1, -0.05) is 24.6 Å². The summed E-state index contributed by atoms with van der Waals surface area (Å²) in [4.78, 5) is 45.8. The van der Waals surface area contributed by atoms with Gasteiger partial charge in [0.05, 0.1) is 12.4 Å². The van der Waals surface area contributed by atoms with Crippen molar-refractivity contribution in [2.24, 2.45) is 14.1 Å². The summed E-state index contributed by atoms with van der Waals surface area (Å²) in [6.45, 7) is 2.04. The van der Waals surface area contributed by atoms with Crippen LogP contribution in [0, 0.1) is 0 Å². The molecular formula is C17H22N4O4S. The second-order valence-corrected chi connectivity index (χ2v) is 7.33. The molecule has 2 aromatic heterocycles. The Kier molecular flexibility index (Phi) is 5.45. The molecule has 26 heavy (non-hydrogen) atoms. The number of thioether (sulfide) groups is 1. The summed E-state index contributed by atoms with van der Waals surface area (Å²) in [7, 11) is 3.02. The van der Waals surface area contributed by atoms with Gasteiger partial charge in [-0.15, -0.1) is 0 Å². The van der Waals surface area contributed by atoms with Crippen molar-refractivity contribution in [3.05, 3.63) is 26.7 Å². The van der Waals surface area contributed by atoms with E-state index in [1.165, 1.54) is 11.6 Å². The molecule has 0 atom stereocenters. The normalized spacial score (nSPS) is 14.9. The fraction of sp³-hybridized carbons (Fsp3) is 0.588. The van der Waals surface area contributed by atoms with Crippen molar-refractivity contribution >= 4 is 28.8 Å². The fourth-order valence-electron chi connectivity index (χ4n) is 3.25. The van der Waals surface area contributed by atoms with Crippen molar-refractivity contribution in [3.63, 3.8) is 0 Å². The number of ether oxygens (including phenoxy) is 1. The summed E-state index contributed by atoms with van der Waals surface area (Å²) in [6, 6.07) is 0. The van der Waals surface area contributed by atoms with Crippen LogP contribution in [-0.2, 0) is 23.6 Å². The Hall–Kier alpha value is -2.16. The van der Waals surface area contributed by atoms with Crippen LogP contribution < -0.4 is 11.2 Å². The lowest BCUT2D eigenvalue weighted by Gasteiger charge is -2.14. The number of esters is 1. The first-order chi connectivity index (χ1) is 12.4. The molecule has 3 rings (SSSR count). The van der Waals surface area contributed by atoms with Crippen LogP contribution in [0.15, 0.2) is 14.6 Å². The van der Waals surface area contributed by atoms with Gasteiger partial charge >= 0.3 is 11.7 Å². The standard InChI is InChI=1S/C17H22N4O4S/c1-4-25-11(22)9-26-15-12-14(20(2)17(24)21(3)16(12)23)18-13(19-15)10-7-5-6-8-10/h10H,4-9H2,1-3H3. The largest absolute Gasteiger partial charge is 0.465 e. The summed E-state index contributed by atoms with van der Waals surface area (Å²) in [5.74, 6) is 0.550. The topological polar surface area (TPSA) is 96.1 Å². The van der Waals surface area contributed by atoms with Crippen molar-refractivity contribution in [3.8, 4) is 0 Å². The molecule has 0 aromatic carbocycles. The second-order valence-electron chi connectivity index (χ2n) is 6.37. The van der Waals surface area contributed by atoms with Crippen LogP contribution >= 0.6 is 11.8 Å². The molecule has 9 heteroatoms. The van der Waals surface area contributed by atoms with E-state index in [-0.39, 0.29) is 23.0 Å². The molecule has 0 bridgehead atoms. The smallest absolute Gasteiger partial charge is 0.332 e. The van der Waals surface area contributed by atoms with E-state index in [0.717, 1.165) is 42.0 Å². The van der Waals surface area contributed by atoms with Crippen molar-refractivity contribution in [2.45, 2.75) is 43.6 Å². The number of hydrogen-bond acceptors (Lipinski definition) is 7. The van der Waals surface area contributed by atoms with Gasteiger partial charge in [-0.3, -0.25) is 18.7 Å². The van der Waals surface area contributed by atoms with Gasteiger partial charge in [0.2, 0.25) is 0 Å². The average molecular weight is 378 g/mol. The number of rotatable bonds is 5. The summed E-state index contributed by atoms with van der Waals surface area (Å²) in [6.07, 6.45) is 4.22. The molecule has 1 aliphatic rings. The predicted octanol–water partition coefficient (Wildman–Crippen LogP) is 1.34. The zero-order chi connectivity index (χ0) is 18.8. The highest BCUT2D eigenvalue weighted by Gasteiger charge is 2.24. The van der Waals surface area contributed by atoms with Gasteiger partial charge in [-0.25, -0.2) is 14.8 Å². The lowest BCUT2D eigenvalue weighted by molar-refractivity contribution is -0.139. The molecule has 0 spiro atoms. The number of carbonyl (C=O) groups excluding carboxylic acids is 1. The minimum Gasteiger partial charge on any atom is -0.465 e. The van der Waals surface area contributed by atoms with Gasteiger partial charge in [0, 0.05) is 20.0 Å². The molecule has 0 N–H and O–H groups in total. The summed E-state index contributed by atoms with van der Waals surface area (Å²) in [5, 5.41) is 0.701. The first-order valence-electron chi connectivity index (χ1n) is 8.70. The summed E-state index contributed by atoms with van der Waals surface area (Å²) >= 11 is 1.15. The lowest BCUT2D eigenvalue weighted by Crippen LogP contribution is -2.38. The van der Waals surface area contributed by atoms with Crippen LogP contribution in [0.25, 0.3) is 11.0 Å². The van der Waals surface area contributed by atoms with Crippen LogP contribution in [0.1, 0.15) is 44.3 Å². The maximum absolute atomic E-state index is 12.7. The highest BCUT2D eigenvalue weighted by atomic mass is 32.2. The molecule has 0 aliphatic heterocycles. The third-order valence-corrected chi connectivity index (χ3v) is 5.59. The number of aromatic nitrogens is 4. The number of carbonyl (C=O) groups is 1. The molecule has 0 amide bonds. The van der Waals surface area contributed by atoms with E-state index in [4.69, 9.17) is 4.74 Å². The Bertz CT molecular complexity index is 960. The van der Waals surface area contributed by atoms with E-state index in [1.807, 2.05) is 0 Å². The number of nitrogens with zero attached hydrogens (tertiary/aromatic N) is 4. The lowest BCUT2D eigenvalue weighted by atomic mass is 10.1. The maximum Gasteiger partial charge on any atom is 0.332 e. The van der Waals surface area contributed by atoms with Crippen molar-refractivity contribution < 1.29 is 9.53 Å². The second kappa shape index (κ2) is 7.61. The third-order valence-electron chi connectivity index (χ3n) is 4.64. The number of fused-ring (bicyclic) bond motifs is 1. The first-order valence-corrected chi connectivity index (χ1v) is 9.68. The van der Waals surface area contributed by atoms with E-state index >= 15 is 0 Å². The van der Waals surface area contributed by atoms with Crippen LogP contribution in [0.2, 0.25) is 0 Å². The van der Waals surface area contributed by atoms with Gasteiger partial charge in [0.15, 0.2) is 5.65 Å². The number of hydrogen-bond donors (Lipinski definition) is 0. The van der Waals surface area contributed by atoms with Crippen LogP contribution in [-0.4, -0.2) is 37.4 Å². The van der Waals surface area contributed by atoms with Gasteiger partial charge in [0.25, 0.3) is 5.56 Å².